The second kappa shape index (κ2) is 9.60. The predicted octanol–water partition coefficient (Wildman–Crippen LogP) is 4.09. The van der Waals surface area contributed by atoms with Gasteiger partial charge >= 0.3 is 0 Å². The van der Waals surface area contributed by atoms with Gasteiger partial charge in [0.05, 0.1) is 11.9 Å². The highest BCUT2D eigenvalue weighted by molar-refractivity contribution is 5.94. The fraction of sp³-hybridized carbons (Fsp3) is 0.550. The normalized spacial score (nSPS) is 11.8. The summed E-state index contributed by atoms with van der Waals surface area (Å²) in [5.41, 5.74) is 0.669. The van der Waals surface area contributed by atoms with Gasteiger partial charge in [0, 0.05) is 23.2 Å². The van der Waals surface area contributed by atoms with Crippen LogP contribution in [-0.2, 0) is 4.79 Å². The number of amides is 1. The summed E-state index contributed by atoms with van der Waals surface area (Å²) in [5.74, 6) is -0.0764. The summed E-state index contributed by atoms with van der Waals surface area (Å²) >= 11 is 0. The van der Waals surface area contributed by atoms with E-state index in [0.29, 0.717) is 17.1 Å². The molecule has 1 amide bonds. The van der Waals surface area contributed by atoms with Gasteiger partial charge in [-0.25, -0.2) is 4.39 Å². The van der Waals surface area contributed by atoms with Crippen LogP contribution >= 0.6 is 0 Å². The van der Waals surface area contributed by atoms with Gasteiger partial charge in [-0.05, 0) is 38.5 Å². The quantitative estimate of drug-likeness (QED) is 0.656. The van der Waals surface area contributed by atoms with E-state index < -0.39 is 11.2 Å². The number of nitrogens with one attached hydrogen (secondary N) is 2. The average Bonchev–Trinajstić information content (AvgIpc) is 3.10. The number of carbonyl (C=O) groups is 1. The predicted molar refractivity (Wildman–Crippen MR) is 106 cm³/mol. The van der Waals surface area contributed by atoms with Gasteiger partial charge in [-0.3, -0.25) is 14.9 Å². The van der Waals surface area contributed by atoms with Gasteiger partial charge in [0.25, 0.3) is 0 Å². The molecule has 0 atom stereocenters. The van der Waals surface area contributed by atoms with Crippen LogP contribution in [0.15, 0.2) is 24.5 Å². The monoisotopic (exact) mass is 375 g/mol. The van der Waals surface area contributed by atoms with E-state index in [-0.39, 0.29) is 5.91 Å². The number of rotatable bonds is 10. The molecule has 2 aromatic rings. The minimum atomic E-state index is -0.515. The number of unbranched alkanes of at least 4 members (excludes halogenated alkanes) is 1. The first kappa shape index (κ1) is 21.0. The third-order valence-electron chi connectivity index (χ3n) is 4.78. The maximum absolute atomic E-state index is 13.3. The molecule has 0 aromatic carbocycles. The molecule has 0 aliphatic carbocycles. The number of halogens is 1. The van der Waals surface area contributed by atoms with Gasteiger partial charge in [0.2, 0.25) is 5.91 Å². The number of pyridine rings is 1. The van der Waals surface area contributed by atoms with Crippen LogP contribution < -0.4 is 5.32 Å². The molecule has 0 bridgehead atoms. The second-order valence-corrected chi connectivity index (χ2v) is 7.43. The lowest BCUT2D eigenvalue weighted by atomic mass is 9.88. The second-order valence-electron chi connectivity index (χ2n) is 7.43. The summed E-state index contributed by atoms with van der Waals surface area (Å²) in [6.45, 7) is 11.2. The number of nitrogens with zero attached hydrogens (tertiary/aromatic N) is 3. The Kier molecular flexibility index (Phi) is 7.47. The standard InChI is InChI=1S/C20H30FN5O/c1-5-7-9-26(6-2)10-8-20(3,4)19(27)23-18-12-17(24-25-18)15-11-16(21)14-22-13-15/h11-14H,5-10H2,1-4H3,(H2,23,24,25,27). The Balaban J connectivity index is 1.95. The fourth-order valence-corrected chi connectivity index (χ4v) is 2.74. The van der Waals surface area contributed by atoms with Gasteiger partial charge < -0.3 is 10.2 Å². The van der Waals surface area contributed by atoms with Crippen LogP contribution in [0.25, 0.3) is 11.3 Å². The molecule has 2 N–H and O–H groups in total. The average molecular weight is 375 g/mol. The number of hydrogen-bond acceptors (Lipinski definition) is 4. The van der Waals surface area contributed by atoms with E-state index in [4.69, 9.17) is 0 Å². The lowest BCUT2D eigenvalue weighted by Crippen LogP contribution is -2.36. The highest BCUT2D eigenvalue weighted by Gasteiger charge is 2.28. The first-order chi connectivity index (χ1) is 12.9. The Morgan fingerprint density at radius 2 is 2.04 bits per heavy atom. The molecule has 6 nitrogen and oxygen atoms in total. The van der Waals surface area contributed by atoms with Crippen LogP contribution in [0.4, 0.5) is 10.2 Å². The van der Waals surface area contributed by atoms with Crippen molar-refractivity contribution in [1.29, 1.82) is 0 Å². The zero-order valence-electron chi connectivity index (χ0n) is 16.7. The minimum Gasteiger partial charge on any atom is -0.309 e. The first-order valence-electron chi connectivity index (χ1n) is 9.56. The fourth-order valence-electron chi connectivity index (χ4n) is 2.74. The van der Waals surface area contributed by atoms with Gasteiger partial charge in [0.15, 0.2) is 5.82 Å². The molecular formula is C20H30FN5O. The third kappa shape index (κ3) is 6.13. The summed E-state index contributed by atoms with van der Waals surface area (Å²) in [6.07, 6.45) is 5.79. The number of H-pyrrole nitrogens is 1. The van der Waals surface area contributed by atoms with Crippen molar-refractivity contribution in [2.24, 2.45) is 5.41 Å². The maximum Gasteiger partial charge on any atom is 0.231 e. The largest absolute Gasteiger partial charge is 0.309 e. The molecule has 0 fully saturated rings. The Labute approximate surface area is 160 Å². The van der Waals surface area contributed by atoms with Crippen molar-refractivity contribution >= 4 is 11.7 Å². The van der Waals surface area contributed by atoms with Gasteiger partial charge in [-0.15, -0.1) is 0 Å². The van der Waals surface area contributed by atoms with Crippen molar-refractivity contribution in [3.63, 3.8) is 0 Å². The highest BCUT2D eigenvalue weighted by Crippen LogP contribution is 2.25. The van der Waals surface area contributed by atoms with Crippen LogP contribution in [0.1, 0.15) is 47.0 Å². The lowest BCUT2D eigenvalue weighted by Gasteiger charge is -2.27. The molecule has 0 aliphatic heterocycles. The van der Waals surface area contributed by atoms with Crippen molar-refractivity contribution in [2.75, 3.05) is 25.0 Å². The Morgan fingerprint density at radius 1 is 1.26 bits per heavy atom. The Hall–Kier alpha value is -2.28. The highest BCUT2D eigenvalue weighted by atomic mass is 19.1. The summed E-state index contributed by atoms with van der Waals surface area (Å²) in [7, 11) is 0. The lowest BCUT2D eigenvalue weighted by molar-refractivity contribution is -0.124. The summed E-state index contributed by atoms with van der Waals surface area (Å²) in [4.78, 5) is 18.9. The van der Waals surface area contributed by atoms with E-state index in [9.17, 15) is 9.18 Å². The van der Waals surface area contributed by atoms with E-state index >= 15 is 0 Å². The van der Waals surface area contributed by atoms with E-state index in [1.54, 1.807) is 12.3 Å². The van der Waals surface area contributed by atoms with Gasteiger partial charge in [0.1, 0.15) is 5.82 Å². The van der Waals surface area contributed by atoms with Gasteiger partial charge in [-0.2, -0.15) is 5.10 Å². The molecule has 27 heavy (non-hydrogen) atoms. The van der Waals surface area contributed by atoms with Crippen LogP contribution in [0.2, 0.25) is 0 Å². The molecule has 148 valence electrons. The molecule has 2 heterocycles. The van der Waals surface area contributed by atoms with Crippen molar-refractivity contribution in [1.82, 2.24) is 20.1 Å². The molecular weight excluding hydrogens is 345 g/mol. The molecule has 0 radical (unpaired) electrons. The van der Waals surface area contributed by atoms with E-state index in [1.807, 2.05) is 13.8 Å². The summed E-state index contributed by atoms with van der Waals surface area (Å²) in [6, 6.07) is 3.05. The van der Waals surface area contributed by atoms with Gasteiger partial charge in [-0.1, -0.05) is 34.1 Å². The van der Waals surface area contributed by atoms with Crippen LogP contribution in [-0.4, -0.2) is 45.6 Å². The number of aromatic nitrogens is 3. The van der Waals surface area contributed by atoms with E-state index in [0.717, 1.165) is 32.3 Å². The summed E-state index contributed by atoms with van der Waals surface area (Å²) in [5, 5.41) is 9.78. The number of hydrogen-bond donors (Lipinski definition) is 2. The zero-order valence-corrected chi connectivity index (χ0v) is 16.7. The van der Waals surface area contributed by atoms with E-state index in [1.165, 1.54) is 18.9 Å². The third-order valence-corrected chi connectivity index (χ3v) is 4.78. The Bertz CT molecular complexity index is 743. The zero-order chi connectivity index (χ0) is 19.9. The summed E-state index contributed by atoms with van der Waals surface area (Å²) < 4.78 is 13.3. The first-order valence-corrected chi connectivity index (χ1v) is 9.56. The van der Waals surface area contributed by atoms with Crippen molar-refractivity contribution in [3.05, 3.63) is 30.3 Å². The van der Waals surface area contributed by atoms with Crippen molar-refractivity contribution in [3.8, 4) is 11.3 Å². The topological polar surface area (TPSA) is 73.9 Å². The molecule has 2 aromatic heterocycles. The van der Waals surface area contributed by atoms with E-state index in [2.05, 4.69) is 39.2 Å². The molecule has 0 aliphatic rings. The molecule has 7 heteroatoms. The Morgan fingerprint density at radius 3 is 2.70 bits per heavy atom. The van der Waals surface area contributed by atoms with Crippen molar-refractivity contribution in [2.45, 2.75) is 47.0 Å². The minimum absolute atomic E-state index is 0.0792. The number of anilines is 1. The van der Waals surface area contributed by atoms with Crippen LogP contribution in [0, 0.1) is 11.2 Å². The smallest absolute Gasteiger partial charge is 0.231 e. The molecule has 0 saturated carbocycles. The molecule has 0 spiro atoms. The molecule has 0 saturated heterocycles. The van der Waals surface area contributed by atoms with Crippen LogP contribution in [0.5, 0.6) is 0 Å². The number of aromatic amines is 1. The number of carbonyl (C=O) groups excluding carboxylic acids is 1. The van der Waals surface area contributed by atoms with Crippen molar-refractivity contribution < 1.29 is 9.18 Å². The van der Waals surface area contributed by atoms with Crippen LogP contribution in [0.3, 0.4) is 0 Å². The molecule has 2 rings (SSSR count). The molecule has 0 unspecified atom stereocenters. The SMILES string of the molecule is CCCCN(CC)CCC(C)(C)C(=O)Nc1cc(-c2cncc(F)c2)[nH]n1. The maximum atomic E-state index is 13.3.